The molecule has 0 aromatic heterocycles. The monoisotopic (exact) mass is 287 g/mol. The molecule has 2 heterocycles. The molecule has 0 saturated carbocycles. The summed E-state index contributed by atoms with van der Waals surface area (Å²) >= 11 is 0. The van der Waals surface area contributed by atoms with Crippen LogP contribution in [0.4, 0.5) is 0 Å². The fourth-order valence-corrected chi connectivity index (χ4v) is 3.30. The molecule has 0 bridgehead atoms. The Morgan fingerprint density at radius 3 is 2.76 bits per heavy atom. The van der Waals surface area contributed by atoms with Crippen LogP contribution in [0.15, 0.2) is 24.3 Å². The van der Waals surface area contributed by atoms with E-state index >= 15 is 0 Å². The second-order valence-corrected chi connectivity index (χ2v) is 6.20. The standard InChI is InChI=1S/C17H25N3O/c1-13(17(21)19-16-6-9-18-10-7-16)20-11-8-14-4-2-3-5-15(14)12-20/h2-5,13,16,18H,6-12H2,1H3,(H,19,21). The first-order valence-electron chi connectivity index (χ1n) is 8.06. The van der Waals surface area contributed by atoms with Crippen LogP contribution in [0.25, 0.3) is 0 Å². The predicted molar refractivity (Wildman–Crippen MR) is 84.1 cm³/mol. The lowest BCUT2D eigenvalue weighted by Gasteiger charge is -2.34. The predicted octanol–water partition coefficient (Wildman–Crippen LogP) is 1.30. The number of piperidine rings is 1. The maximum atomic E-state index is 12.4. The minimum atomic E-state index is -0.0479. The van der Waals surface area contributed by atoms with Crippen LogP contribution in [-0.4, -0.2) is 42.5 Å². The minimum Gasteiger partial charge on any atom is -0.352 e. The van der Waals surface area contributed by atoms with E-state index in [9.17, 15) is 4.79 Å². The lowest BCUT2D eigenvalue weighted by molar-refractivity contribution is -0.127. The fraction of sp³-hybridized carbons (Fsp3) is 0.588. The second-order valence-electron chi connectivity index (χ2n) is 6.20. The Morgan fingerprint density at radius 1 is 1.29 bits per heavy atom. The topological polar surface area (TPSA) is 44.4 Å². The van der Waals surface area contributed by atoms with Gasteiger partial charge >= 0.3 is 0 Å². The van der Waals surface area contributed by atoms with E-state index in [1.54, 1.807) is 0 Å². The number of hydrogen-bond acceptors (Lipinski definition) is 3. The van der Waals surface area contributed by atoms with Crippen LogP contribution in [0.3, 0.4) is 0 Å². The van der Waals surface area contributed by atoms with Crippen molar-refractivity contribution in [3.8, 4) is 0 Å². The van der Waals surface area contributed by atoms with E-state index < -0.39 is 0 Å². The van der Waals surface area contributed by atoms with E-state index in [0.717, 1.165) is 45.4 Å². The van der Waals surface area contributed by atoms with Gasteiger partial charge in [0.05, 0.1) is 6.04 Å². The summed E-state index contributed by atoms with van der Waals surface area (Å²) in [6, 6.07) is 8.86. The summed E-state index contributed by atoms with van der Waals surface area (Å²) in [5.41, 5.74) is 2.80. The number of benzene rings is 1. The highest BCUT2D eigenvalue weighted by molar-refractivity contribution is 5.81. The van der Waals surface area contributed by atoms with Crippen molar-refractivity contribution in [2.24, 2.45) is 0 Å². The Balaban J connectivity index is 1.58. The number of amides is 1. The van der Waals surface area contributed by atoms with Gasteiger partial charge in [-0.25, -0.2) is 0 Å². The van der Waals surface area contributed by atoms with Gasteiger partial charge < -0.3 is 10.6 Å². The largest absolute Gasteiger partial charge is 0.352 e. The first-order valence-corrected chi connectivity index (χ1v) is 8.06. The van der Waals surface area contributed by atoms with Gasteiger partial charge in [0.2, 0.25) is 5.91 Å². The lowest BCUT2D eigenvalue weighted by Crippen LogP contribution is -2.51. The number of carbonyl (C=O) groups excluding carboxylic acids is 1. The third-order valence-corrected chi connectivity index (χ3v) is 4.77. The average Bonchev–Trinajstić information content (AvgIpc) is 2.54. The summed E-state index contributed by atoms with van der Waals surface area (Å²) in [5, 5.41) is 6.55. The maximum Gasteiger partial charge on any atom is 0.237 e. The molecule has 2 aliphatic rings. The van der Waals surface area contributed by atoms with E-state index in [-0.39, 0.29) is 11.9 Å². The van der Waals surface area contributed by atoms with Crippen molar-refractivity contribution >= 4 is 5.91 Å². The molecule has 1 fully saturated rings. The molecule has 1 unspecified atom stereocenters. The van der Waals surface area contributed by atoms with Crippen LogP contribution < -0.4 is 10.6 Å². The summed E-state index contributed by atoms with van der Waals surface area (Å²) < 4.78 is 0. The molecule has 1 aromatic carbocycles. The molecule has 0 spiro atoms. The number of carbonyl (C=O) groups is 1. The van der Waals surface area contributed by atoms with E-state index in [0.29, 0.717) is 6.04 Å². The Morgan fingerprint density at radius 2 is 2.00 bits per heavy atom. The molecule has 1 atom stereocenters. The van der Waals surface area contributed by atoms with Gasteiger partial charge in [0.1, 0.15) is 0 Å². The van der Waals surface area contributed by atoms with Gasteiger partial charge in [-0.15, -0.1) is 0 Å². The summed E-state index contributed by atoms with van der Waals surface area (Å²) in [6.07, 6.45) is 3.13. The normalized spacial score (nSPS) is 21.6. The summed E-state index contributed by atoms with van der Waals surface area (Å²) in [4.78, 5) is 14.7. The van der Waals surface area contributed by atoms with E-state index in [2.05, 4.69) is 39.8 Å². The van der Waals surface area contributed by atoms with Crippen molar-refractivity contribution in [2.45, 2.75) is 44.8 Å². The van der Waals surface area contributed by atoms with Gasteiger partial charge in [0, 0.05) is 19.1 Å². The zero-order valence-corrected chi connectivity index (χ0v) is 12.8. The zero-order chi connectivity index (χ0) is 14.7. The van der Waals surface area contributed by atoms with Gasteiger partial charge in [0.15, 0.2) is 0 Å². The molecule has 2 N–H and O–H groups in total. The van der Waals surface area contributed by atoms with E-state index in [4.69, 9.17) is 0 Å². The van der Waals surface area contributed by atoms with Gasteiger partial charge in [0.25, 0.3) is 0 Å². The summed E-state index contributed by atoms with van der Waals surface area (Å²) in [6.45, 7) is 5.91. The number of fused-ring (bicyclic) bond motifs is 1. The van der Waals surface area contributed by atoms with Gasteiger partial charge in [-0.1, -0.05) is 24.3 Å². The Kier molecular flexibility index (Phi) is 4.56. The van der Waals surface area contributed by atoms with Crippen LogP contribution >= 0.6 is 0 Å². The molecular formula is C17H25N3O. The van der Waals surface area contributed by atoms with Gasteiger partial charge in [-0.05, 0) is 50.4 Å². The second kappa shape index (κ2) is 6.58. The Hall–Kier alpha value is -1.39. The third-order valence-electron chi connectivity index (χ3n) is 4.77. The van der Waals surface area contributed by atoms with Crippen molar-refractivity contribution in [3.05, 3.63) is 35.4 Å². The molecule has 3 rings (SSSR count). The fourth-order valence-electron chi connectivity index (χ4n) is 3.30. The number of nitrogens with one attached hydrogen (secondary N) is 2. The molecular weight excluding hydrogens is 262 g/mol. The van der Waals surface area contributed by atoms with Crippen molar-refractivity contribution < 1.29 is 4.79 Å². The van der Waals surface area contributed by atoms with E-state index in [1.807, 2.05) is 6.92 Å². The average molecular weight is 287 g/mol. The molecule has 1 aromatic rings. The molecule has 21 heavy (non-hydrogen) atoms. The molecule has 114 valence electrons. The quantitative estimate of drug-likeness (QED) is 0.881. The van der Waals surface area contributed by atoms with Crippen molar-refractivity contribution in [1.82, 2.24) is 15.5 Å². The van der Waals surface area contributed by atoms with Crippen molar-refractivity contribution in [3.63, 3.8) is 0 Å². The first-order chi connectivity index (χ1) is 10.2. The van der Waals surface area contributed by atoms with Crippen LogP contribution in [0.1, 0.15) is 30.9 Å². The van der Waals surface area contributed by atoms with Crippen LogP contribution in [0.2, 0.25) is 0 Å². The van der Waals surface area contributed by atoms with Crippen LogP contribution in [0, 0.1) is 0 Å². The maximum absolute atomic E-state index is 12.4. The van der Waals surface area contributed by atoms with Crippen LogP contribution in [-0.2, 0) is 17.8 Å². The number of hydrogen-bond donors (Lipinski definition) is 2. The van der Waals surface area contributed by atoms with Gasteiger partial charge in [-0.2, -0.15) is 0 Å². The summed E-state index contributed by atoms with van der Waals surface area (Å²) in [5.74, 6) is 0.182. The molecule has 2 aliphatic heterocycles. The van der Waals surface area contributed by atoms with Crippen molar-refractivity contribution in [2.75, 3.05) is 19.6 Å². The van der Waals surface area contributed by atoms with Crippen molar-refractivity contribution in [1.29, 1.82) is 0 Å². The molecule has 4 nitrogen and oxygen atoms in total. The smallest absolute Gasteiger partial charge is 0.237 e. The van der Waals surface area contributed by atoms with E-state index in [1.165, 1.54) is 11.1 Å². The Labute approximate surface area is 126 Å². The number of rotatable bonds is 3. The minimum absolute atomic E-state index is 0.0479. The molecule has 4 heteroatoms. The number of nitrogens with zero attached hydrogens (tertiary/aromatic N) is 1. The molecule has 0 aliphatic carbocycles. The highest BCUT2D eigenvalue weighted by Gasteiger charge is 2.26. The zero-order valence-electron chi connectivity index (χ0n) is 12.8. The molecule has 1 amide bonds. The highest BCUT2D eigenvalue weighted by Crippen LogP contribution is 2.20. The highest BCUT2D eigenvalue weighted by atomic mass is 16.2. The van der Waals surface area contributed by atoms with Crippen LogP contribution in [0.5, 0.6) is 0 Å². The Bertz CT molecular complexity index is 497. The molecule has 1 saturated heterocycles. The van der Waals surface area contributed by atoms with Gasteiger partial charge in [-0.3, -0.25) is 9.69 Å². The third kappa shape index (κ3) is 3.44. The summed E-state index contributed by atoms with van der Waals surface area (Å²) in [7, 11) is 0. The SMILES string of the molecule is CC(C(=O)NC1CCNCC1)N1CCc2ccccc2C1. The molecule has 0 radical (unpaired) electrons. The lowest BCUT2D eigenvalue weighted by atomic mass is 9.98. The first kappa shape index (κ1) is 14.5.